The fourth-order valence-electron chi connectivity index (χ4n) is 3.14. The molecule has 0 bridgehead atoms. The first-order chi connectivity index (χ1) is 12.6. The quantitative estimate of drug-likeness (QED) is 0.407. The number of unbranched alkanes of at least 4 members (excludes halogenated alkanes) is 3. The van der Waals surface area contributed by atoms with Gasteiger partial charge in [0, 0.05) is 6.54 Å². The molecule has 1 aliphatic heterocycles. The second-order valence-corrected chi connectivity index (χ2v) is 6.45. The second-order valence-electron chi connectivity index (χ2n) is 6.45. The van der Waals surface area contributed by atoms with E-state index < -0.39 is 31.1 Å². The first kappa shape index (κ1) is 18.8. The highest BCUT2D eigenvalue weighted by Crippen LogP contribution is 2.35. The number of nitrogens with two attached hydrogens (primary N) is 1. The molecule has 0 spiro atoms. The molecule has 2 aromatic heterocycles. The van der Waals surface area contributed by atoms with Crippen LogP contribution in [0.1, 0.15) is 38.8 Å². The van der Waals surface area contributed by atoms with Gasteiger partial charge in [0.05, 0.1) is 6.61 Å². The Bertz CT molecular complexity index is 739. The number of aliphatic hydroxyl groups is 3. The highest BCUT2D eigenvalue weighted by molar-refractivity contribution is 5.84. The number of aromatic nitrogens is 4. The van der Waals surface area contributed by atoms with Gasteiger partial charge in [0.15, 0.2) is 23.2 Å². The van der Waals surface area contributed by atoms with Gasteiger partial charge in [0.25, 0.3) is 0 Å². The Morgan fingerprint density at radius 2 is 2.04 bits per heavy atom. The lowest BCUT2D eigenvalue weighted by atomic mass is 10.1. The van der Waals surface area contributed by atoms with Gasteiger partial charge >= 0.3 is 0 Å². The summed E-state index contributed by atoms with van der Waals surface area (Å²) in [4.78, 5) is 12.6. The first-order valence-electron chi connectivity index (χ1n) is 8.93. The molecular formula is C16H26N6O4. The molecule has 0 aromatic carbocycles. The Hall–Kier alpha value is -2.01. The van der Waals surface area contributed by atoms with Gasteiger partial charge in [-0.2, -0.15) is 0 Å². The summed E-state index contributed by atoms with van der Waals surface area (Å²) in [6.07, 6.45) is 1.40. The van der Waals surface area contributed by atoms with Gasteiger partial charge in [-0.15, -0.1) is 0 Å². The van der Waals surface area contributed by atoms with Crippen molar-refractivity contribution in [2.45, 2.75) is 57.1 Å². The number of nitrogen functional groups attached to an aromatic ring is 1. The fraction of sp³-hybridized carbons (Fsp3) is 0.688. The molecule has 0 aliphatic carbocycles. The molecule has 6 N–H and O–H groups in total. The Labute approximate surface area is 151 Å². The summed E-state index contributed by atoms with van der Waals surface area (Å²) in [5, 5.41) is 33.0. The maximum Gasteiger partial charge on any atom is 0.207 e. The molecule has 10 nitrogen and oxygen atoms in total. The standard InChI is InChI=1S/C16H26N6O4/c1-2-3-4-5-6-18-16-21-10-13(17)19-8-20-14(10)22(16)15-12(25)11(24)9(7-23)26-15/h8-9,11-12,15,23-25H,2-7H2,1H3,(H,18,21)(H2,17,19,20)/t9-,11-,12-,15-/m1/s1. The number of nitrogens with one attached hydrogen (secondary N) is 1. The lowest BCUT2D eigenvalue weighted by Crippen LogP contribution is -2.33. The summed E-state index contributed by atoms with van der Waals surface area (Å²) in [5.41, 5.74) is 6.68. The Balaban J connectivity index is 1.91. The Kier molecular flexibility index (Phi) is 5.87. The van der Waals surface area contributed by atoms with Crippen molar-refractivity contribution in [2.24, 2.45) is 0 Å². The van der Waals surface area contributed by atoms with Crippen molar-refractivity contribution >= 4 is 22.9 Å². The number of nitrogens with zero attached hydrogens (tertiary/aromatic N) is 4. The summed E-state index contributed by atoms with van der Waals surface area (Å²) in [6, 6.07) is 0. The molecule has 0 radical (unpaired) electrons. The van der Waals surface area contributed by atoms with Gasteiger partial charge in [-0.3, -0.25) is 4.57 Å². The van der Waals surface area contributed by atoms with Crippen molar-refractivity contribution < 1.29 is 20.1 Å². The van der Waals surface area contributed by atoms with Crippen LogP contribution in [0.5, 0.6) is 0 Å². The highest BCUT2D eigenvalue weighted by Gasteiger charge is 2.45. The molecule has 2 aromatic rings. The predicted molar refractivity (Wildman–Crippen MR) is 95.4 cm³/mol. The van der Waals surface area contributed by atoms with Crippen LogP contribution in [-0.2, 0) is 4.74 Å². The smallest absolute Gasteiger partial charge is 0.207 e. The maximum atomic E-state index is 10.4. The highest BCUT2D eigenvalue weighted by atomic mass is 16.6. The van der Waals surface area contributed by atoms with Crippen molar-refractivity contribution in [3.63, 3.8) is 0 Å². The average Bonchev–Trinajstić information content (AvgIpc) is 3.14. The van der Waals surface area contributed by atoms with Crippen LogP contribution in [0, 0.1) is 0 Å². The van der Waals surface area contributed by atoms with Crippen LogP contribution < -0.4 is 11.1 Å². The fourth-order valence-corrected chi connectivity index (χ4v) is 3.14. The molecule has 0 saturated carbocycles. The summed E-state index contributed by atoms with van der Waals surface area (Å²) in [6.45, 7) is 2.43. The number of imidazole rings is 1. The third-order valence-electron chi connectivity index (χ3n) is 4.59. The summed E-state index contributed by atoms with van der Waals surface area (Å²) >= 11 is 0. The van der Waals surface area contributed by atoms with Crippen molar-refractivity contribution in [1.29, 1.82) is 0 Å². The van der Waals surface area contributed by atoms with Gasteiger partial charge in [-0.1, -0.05) is 26.2 Å². The SMILES string of the molecule is CCCCCCNc1nc2c(N)ncnc2n1[C@@H]1O[C@H](CO)[C@@H](O)[C@H]1O. The van der Waals surface area contributed by atoms with E-state index >= 15 is 0 Å². The summed E-state index contributed by atoms with van der Waals surface area (Å²) in [5.74, 6) is 0.646. The normalized spacial score (nSPS) is 25.8. The third kappa shape index (κ3) is 3.45. The molecule has 0 amide bonds. The molecule has 1 fully saturated rings. The predicted octanol–water partition coefficient (Wildman–Crippen LogP) is 0.0122. The van der Waals surface area contributed by atoms with Crippen molar-refractivity contribution in [1.82, 2.24) is 19.5 Å². The largest absolute Gasteiger partial charge is 0.394 e. The molecule has 3 heterocycles. The van der Waals surface area contributed by atoms with Crippen molar-refractivity contribution in [3.05, 3.63) is 6.33 Å². The van der Waals surface area contributed by atoms with E-state index in [4.69, 9.17) is 10.5 Å². The molecule has 10 heteroatoms. The number of rotatable bonds is 8. The zero-order chi connectivity index (χ0) is 18.7. The van der Waals surface area contributed by atoms with Gasteiger partial charge in [-0.25, -0.2) is 15.0 Å². The summed E-state index contributed by atoms with van der Waals surface area (Å²) in [7, 11) is 0. The lowest BCUT2D eigenvalue weighted by molar-refractivity contribution is -0.0501. The topological polar surface area (TPSA) is 152 Å². The Morgan fingerprint density at radius 1 is 1.23 bits per heavy atom. The van der Waals surface area contributed by atoms with E-state index in [1.54, 1.807) is 4.57 Å². The monoisotopic (exact) mass is 366 g/mol. The molecule has 144 valence electrons. The third-order valence-corrected chi connectivity index (χ3v) is 4.59. The van der Waals surface area contributed by atoms with E-state index in [0.717, 1.165) is 25.7 Å². The van der Waals surface area contributed by atoms with Crippen molar-refractivity contribution in [2.75, 3.05) is 24.2 Å². The minimum absolute atomic E-state index is 0.217. The van der Waals surface area contributed by atoms with Gasteiger partial charge in [0.1, 0.15) is 24.6 Å². The maximum absolute atomic E-state index is 10.4. The average molecular weight is 366 g/mol. The van der Waals surface area contributed by atoms with Crippen LogP contribution in [0.2, 0.25) is 0 Å². The second kappa shape index (κ2) is 8.12. The van der Waals surface area contributed by atoms with E-state index in [1.807, 2.05) is 0 Å². The van der Waals surface area contributed by atoms with E-state index in [1.165, 1.54) is 6.33 Å². The number of aliphatic hydroxyl groups excluding tert-OH is 3. The van der Waals surface area contributed by atoms with E-state index in [0.29, 0.717) is 23.7 Å². The van der Waals surface area contributed by atoms with Gasteiger partial charge in [0.2, 0.25) is 5.95 Å². The van der Waals surface area contributed by atoms with Crippen LogP contribution in [0.25, 0.3) is 11.2 Å². The van der Waals surface area contributed by atoms with Crippen LogP contribution in [0.15, 0.2) is 6.33 Å². The minimum Gasteiger partial charge on any atom is -0.394 e. The molecule has 1 saturated heterocycles. The van der Waals surface area contributed by atoms with E-state index in [2.05, 4.69) is 27.2 Å². The molecule has 4 atom stereocenters. The number of anilines is 2. The minimum atomic E-state index is -1.23. The zero-order valence-corrected chi connectivity index (χ0v) is 14.7. The number of ether oxygens (including phenoxy) is 1. The zero-order valence-electron chi connectivity index (χ0n) is 14.7. The van der Waals surface area contributed by atoms with Crippen LogP contribution in [-0.4, -0.2) is 66.3 Å². The molecule has 3 rings (SSSR count). The van der Waals surface area contributed by atoms with Gasteiger partial charge in [-0.05, 0) is 6.42 Å². The first-order valence-corrected chi connectivity index (χ1v) is 8.93. The van der Waals surface area contributed by atoms with Crippen LogP contribution >= 0.6 is 0 Å². The van der Waals surface area contributed by atoms with Crippen molar-refractivity contribution in [3.8, 4) is 0 Å². The summed E-state index contributed by atoms with van der Waals surface area (Å²) < 4.78 is 7.21. The number of fused-ring (bicyclic) bond motifs is 1. The molecular weight excluding hydrogens is 340 g/mol. The lowest BCUT2D eigenvalue weighted by Gasteiger charge is -2.19. The molecule has 26 heavy (non-hydrogen) atoms. The molecule has 1 aliphatic rings. The van der Waals surface area contributed by atoms with E-state index in [-0.39, 0.29) is 5.82 Å². The van der Waals surface area contributed by atoms with Gasteiger partial charge < -0.3 is 31.1 Å². The van der Waals surface area contributed by atoms with E-state index in [9.17, 15) is 15.3 Å². The molecule has 0 unspecified atom stereocenters. The number of hydrogen-bond donors (Lipinski definition) is 5. The van der Waals surface area contributed by atoms with Crippen LogP contribution in [0.3, 0.4) is 0 Å². The Morgan fingerprint density at radius 3 is 2.73 bits per heavy atom. The number of hydrogen-bond acceptors (Lipinski definition) is 9. The van der Waals surface area contributed by atoms with Crippen LogP contribution in [0.4, 0.5) is 11.8 Å².